The molecule has 0 heterocycles. The maximum atomic E-state index is 12.7. The summed E-state index contributed by atoms with van der Waals surface area (Å²) in [5.41, 5.74) is 6.44. The zero-order chi connectivity index (χ0) is 8.97. The summed E-state index contributed by atoms with van der Waals surface area (Å²) in [6.45, 7) is 0.406. The predicted octanol–water partition coefficient (Wildman–Crippen LogP) is 1.89. The zero-order valence-electron chi connectivity index (χ0n) is 7.37. The molecule has 0 saturated carbocycles. The summed E-state index contributed by atoms with van der Waals surface area (Å²) in [4.78, 5) is 0. The maximum absolute atomic E-state index is 12.7. The van der Waals surface area contributed by atoms with Gasteiger partial charge in [0.1, 0.15) is 5.82 Å². The molecule has 0 bridgehead atoms. The van der Waals surface area contributed by atoms with E-state index in [1.165, 1.54) is 12.1 Å². The highest BCUT2D eigenvalue weighted by molar-refractivity contribution is 5.85. The van der Waals surface area contributed by atoms with Crippen LogP contribution < -0.4 is 5.73 Å². The fraction of sp³-hybridized carbons (Fsp3) is 0.333. The minimum atomic E-state index is -0.265. The highest BCUT2D eigenvalue weighted by Crippen LogP contribution is 2.11. The molecule has 2 nitrogen and oxygen atoms in total. The summed E-state index contributed by atoms with van der Waals surface area (Å²) >= 11 is 0. The number of halogens is 2. The molecule has 0 unspecified atom stereocenters. The summed E-state index contributed by atoms with van der Waals surface area (Å²) in [5, 5.41) is 0. The van der Waals surface area contributed by atoms with E-state index >= 15 is 0 Å². The Bertz CT molecular complexity index is 257. The summed E-state index contributed by atoms with van der Waals surface area (Å²) < 4.78 is 17.5. The Morgan fingerprint density at radius 2 is 2.23 bits per heavy atom. The van der Waals surface area contributed by atoms with Gasteiger partial charge in [0, 0.05) is 7.11 Å². The second-order valence-electron chi connectivity index (χ2n) is 2.62. The number of benzene rings is 1. The fourth-order valence-electron chi connectivity index (χ4n) is 1.01. The molecule has 0 aromatic heterocycles. The van der Waals surface area contributed by atoms with Gasteiger partial charge in [0.25, 0.3) is 0 Å². The van der Waals surface area contributed by atoms with Crippen LogP contribution in [0.4, 0.5) is 4.39 Å². The van der Waals surface area contributed by atoms with Crippen LogP contribution in [0.15, 0.2) is 24.3 Å². The normalized spacial score (nSPS) is 11.9. The van der Waals surface area contributed by atoms with Crippen molar-refractivity contribution < 1.29 is 9.13 Å². The molecule has 0 radical (unpaired) electrons. The van der Waals surface area contributed by atoms with E-state index in [4.69, 9.17) is 10.5 Å². The van der Waals surface area contributed by atoms with E-state index in [0.29, 0.717) is 6.61 Å². The average Bonchev–Trinajstić information content (AvgIpc) is 2.05. The molecule has 0 aliphatic heterocycles. The van der Waals surface area contributed by atoms with Crippen LogP contribution in [0, 0.1) is 5.82 Å². The number of ether oxygens (including phenoxy) is 1. The molecule has 13 heavy (non-hydrogen) atoms. The summed E-state index contributed by atoms with van der Waals surface area (Å²) in [7, 11) is 1.57. The number of rotatable bonds is 3. The molecule has 0 saturated heterocycles. The van der Waals surface area contributed by atoms with Crippen molar-refractivity contribution in [3.63, 3.8) is 0 Å². The van der Waals surface area contributed by atoms with Crippen molar-refractivity contribution in [3.05, 3.63) is 35.6 Å². The van der Waals surface area contributed by atoms with E-state index in [1.54, 1.807) is 19.2 Å². The molecule has 1 aromatic rings. The van der Waals surface area contributed by atoms with Crippen LogP contribution in [0.2, 0.25) is 0 Å². The van der Waals surface area contributed by atoms with Crippen molar-refractivity contribution in [1.29, 1.82) is 0 Å². The Hall–Kier alpha value is -0.640. The number of methoxy groups -OCH3 is 1. The Morgan fingerprint density at radius 3 is 2.77 bits per heavy atom. The third-order valence-electron chi connectivity index (χ3n) is 1.62. The molecule has 0 fully saturated rings. The first-order chi connectivity index (χ1) is 5.74. The molecule has 4 heteroatoms. The van der Waals surface area contributed by atoms with Gasteiger partial charge >= 0.3 is 0 Å². The second kappa shape index (κ2) is 5.91. The van der Waals surface area contributed by atoms with Crippen LogP contribution >= 0.6 is 12.4 Å². The van der Waals surface area contributed by atoms with Crippen LogP contribution in [0.25, 0.3) is 0 Å². The lowest BCUT2D eigenvalue weighted by Crippen LogP contribution is -2.15. The topological polar surface area (TPSA) is 35.2 Å². The molecule has 0 aliphatic carbocycles. The first-order valence-electron chi connectivity index (χ1n) is 3.74. The number of nitrogens with two attached hydrogens (primary N) is 1. The van der Waals surface area contributed by atoms with Gasteiger partial charge in [-0.3, -0.25) is 0 Å². The maximum Gasteiger partial charge on any atom is 0.123 e. The van der Waals surface area contributed by atoms with Crippen molar-refractivity contribution in [2.24, 2.45) is 5.73 Å². The Morgan fingerprint density at radius 1 is 1.54 bits per heavy atom. The molecular formula is C9H13ClFNO. The van der Waals surface area contributed by atoms with Gasteiger partial charge in [0.15, 0.2) is 0 Å². The Kier molecular flexibility index (Phi) is 5.62. The lowest BCUT2D eigenvalue weighted by molar-refractivity contribution is 0.181. The van der Waals surface area contributed by atoms with Crippen LogP contribution in [0.1, 0.15) is 11.6 Å². The molecule has 2 N–H and O–H groups in total. The fourth-order valence-corrected chi connectivity index (χ4v) is 1.01. The summed E-state index contributed by atoms with van der Waals surface area (Å²) in [5.74, 6) is -0.265. The highest BCUT2D eigenvalue weighted by atomic mass is 35.5. The van der Waals surface area contributed by atoms with E-state index in [1.807, 2.05) is 0 Å². The monoisotopic (exact) mass is 205 g/mol. The predicted molar refractivity (Wildman–Crippen MR) is 52.5 cm³/mol. The van der Waals surface area contributed by atoms with Gasteiger partial charge < -0.3 is 10.5 Å². The van der Waals surface area contributed by atoms with Gasteiger partial charge in [-0.15, -0.1) is 12.4 Å². The van der Waals surface area contributed by atoms with Crippen LogP contribution in [0.5, 0.6) is 0 Å². The van der Waals surface area contributed by atoms with E-state index in [0.717, 1.165) is 5.56 Å². The van der Waals surface area contributed by atoms with Gasteiger partial charge in [0.2, 0.25) is 0 Å². The van der Waals surface area contributed by atoms with E-state index in [2.05, 4.69) is 0 Å². The van der Waals surface area contributed by atoms with Gasteiger partial charge in [-0.2, -0.15) is 0 Å². The van der Waals surface area contributed by atoms with Crippen LogP contribution in [-0.4, -0.2) is 13.7 Å². The molecule has 1 atom stereocenters. The molecule has 1 rings (SSSR count). The van der Waals surface area contributed by atoms with Gasteiger partial charge in [-0.05, 0) is 17.7 Å². The SMILES string of the molecule is COC[C@@H](N)c1cccc(F)c1.Cl. The minimum Gasteiger partial charge on any atom is -0.383 e. The van der Waals surface area contributed by atoms with Gasteiger partial charge in [0.05, 0.1) is 12.6 Å². The average molecular weight is 206 g/mol. The summed E-state index contributed by atoms with van der Waals surface area (Å²) in [6.07, 6.45) is 0. The Balaban J connectivity index is 0.00000144. The van der Waals surface area contributed by atoms with Gasteiger partial charge in [-0.1, -0.05) is 12.1 Å². The highest BCUT2D eigenvalue weighted by Gasteiger charge is 2.04. The second-order valence-corrected chi connectivity index (χ2v) is 2.62. The van der Waals surface area contributed by atoms with Crippen molar-refractivity contribution in [2.45, 2.75) is 6.04 Å². The van der Waals surface area contributed by atoms with Crippen molar-refractivity contribution in [3.8, 4) is 0 Å². The molecule has 0 spiro atoms. The lowest BCUT2D eigenvalue weighted by Gasteiger charge is -2.09. The van der Waals surface area contributed by atoms with Crippen molar-refractivity contribution >= 4 is 12.4 Å². The smallest absolute Gasteiger partial charge is 0.123 e. The van der Waals surface area contributed by atoms with Crippen molar-refractivity contribution in [2.75, 3.05) is 13.7 Å². The minimum absolute atomic E-state index is 0. The third-order valence-corrected chi connectivity index (χ3v) is 1.62. The molecule has 0 aliphatic rings. The van der Waals surface area contributed by atoms with Crippen molar-refractivity contribution in [1.82, 2.24) is 0 Å². The molecule has 1 aromatic carbocycles. The van der Waals surface area contributed by atoms with E-state index in [9.17, 15) is 4.39 Å². The largest absolute Gasteiger partial charge is 0.383 e. The number of hydrogen-bond donors (Lipinski definition) is 1. The zero-order valence-corrected chi connectivity index (χ0v) is 8.18. The third kappa shape index (κ3) is 3.72. The summed E-state index contributed by atoms with van der Waals surface area (Å²) in [6, 6.07) is 5.99. The first kappa shape index (κ1) is 12.4. The standard InChI is InChI=1S/C9H12FNO.ClH/c1-12-6-9(11)7-3-2-4-8(10)5-7;/h2-5,9H,6,11H2,1H3;1H/t9-;/m1./s1. The first-order valence-corrected chi connectivity index (χ1v) is 3.74. The Labute approximate surface area is 83.3 Å². The quantitative estimate of drug-likeness (QED) is 0.818. The van der Waals surface area contributed by atoms with Crippen LogP contribution in [-0.2, 0) is 4.74 Å². The van der Waals surface area contributed by atoms with E-state index < -0.39 is 0 Å². The molecule has 0 amide bonds. The van der Waals surface area contributed by atoms with Crippen LogP contribution in [0.3, 0.4) is 0 Å². The molecule has 74 valence electrons. The van der Waals surface area contributed by atoms with E-state index in [-0.39, 0.29) is 24.3 Å². The molecular weight excluding hydrogens is 193 g/mol. The number of hydrogen-bond acceptors (Lipinski definition) is 2. The lowest BCUT2D eigenvalue weighted by atomic mass is 10.1. The van der Waals surface area contributed by atoms with Gasteiger partial charge in [-0.25, -0.2) is 4.39 Å².